The Morgan fingerprint density at radius 1 is 1.61 bits per heavy atom. The molecule has 1 saturated carbocycles. The van der Waals surface area contributed by atoms with Gasteiger partial charge in [0.05, 0.1) is 19.2 Å². The van der Waals surface area contributed by atoms with Gasteiger partial charge in [0.2, 0.25) is 0 Å². The van der Waals surface area contributed by atoms with E-state index in [-0.39, 0.29) is 5.97 Å². The summed E-state index contributed by atoms with van der Waals surface area (Å²) in [6, 6.07) is 2.28. The van der Waals surface area contributed by atoms with E-state index in [9.17, 15) is 4.79 Å². The van der Waals surface area contributed by atoms with E-state index in [2.05, 4.69) is 17.0 Å². The van der Waals surface area contributed by atoms with Crippen molar-refractivity contribution < 1.29 is 13.9 Å². The lowest BCUT2D eigenvalue weighted by atomic mass is 10.1. The molecule has 100 valence electrons. The molecule has 1 aromatic rings. The monoisotopic (exact) mass is 251 g/mol. The van der Waals surface area contributed by atoms with Gasteiger partial charge in [-0.3, -0.25) is 0 Å². The van der Waals surface area contributed by atoms with Crippen molar-refractivity contribution in [2.75, 3.05) is 7.11 Å². The lowest BCUT2D eigenvalue weighted by molar-refractivity contribution is 0.0600. The van der Waals surface area contributed by atoms with Crippen LogP contribution in [-0.2, 0) is 11.3 Å². The van der Waals surface area contributed by atoms with Gasteiger partial charge in [0.1, 0.15) is 12.0 Å². The van der Waals surface area contributed by atoms with Crippen LogP contribution in [0.1, 0.15) is 48.7 Å². The van der Waals surface area contributed by atoms with Gasteiger partial charge in [-0.15, -0.1) is 0 Å². The van der Waals surface area contributed by atoms with Gasteiger partial charge < -0.3 is 14.5 Å². The molecule has 1 heterocycles. The lowest BCUT2D eigenvalue weighted by Gasteiger charge is -2.15. The highest BCUT2D eigenvalue weighted by Crippen LogP contribution is 2.34. The molecule has 1 fully saturated rings. The van der Waals surface area contributed by atoms with Gasteiger partial charge >= 0.3 is 5.97 Å². The zero-order valence-corrected chi connectivity index (χ0v) is 11.1. The molecule has 18 heavy (non-hydrogen) atoms. The molecule has 4 nitrogen and oxygen atoms in total. The first kappa shape index (κ1) is 13.1. The highest BCUT2D eigenvalue weighted by atomic mass is 16.5. The minimum Gasteiger partial charge on any atom is -0.467 e. The molecule has 0 radical (unpaired) electrons. The van der Waals surface area contributed by atoms with Crippen LogP contribution in [0.25, 0.3) is 0 Å². The van der Waals surface area contributed by atoms with Gasteiger partial charge in [-0.25, -0.2) is 4.79 Å². The van der Waals surface area contributed by atoms with Crippen molar-refractivity contribution in [1.82, 2.24) is 5.32 Å². The highest BCUT2D eigenvalue weighted by Gasteiger charge is 2.24. The van der Waals surface area contributed by atoms with E-state index in [4.69, 9.17) is 4.42 Å². The molecule has 2 rings (SSSR count). The van der Waals surface area contributed by atoms with E-state index in [1.165, 1.54) is 32.6 Å². The van der Waals surface area contributed by atoms with Gasteiger partial charge in [0.15, 0.2) is 0 Å². The molecule has 1 atom stereocenters. The smallest absolute Gasteiger partial charge is 0.341 e. The fraction of sp³-hybridized carbons (Fsp3) is 0.643. The third kappa shape index (κ3) is 3.60. The maximum absolute atomic E-state index is 11.3. The molecule has 1 aliphatic carbocycles. The average Bonchev–Trinajstić information content (AvgIpc) is 3.09. The number of furan rings is 1. The Morgan fingerprint density at radius 2 is 2.39 bits per heavy atom. The zero-order chi connectivity index (χ0) is 13.0. The molecule has 4 heteroatoms. The molecule has 0 amide bonds. The summed E-state index contributed by atoms with van der Waals surface area (Å²) in [5.74, 6) is 1.35. The van der Waals surface area contributed by atoms with Crippen LogP contribution in [0.4, 0.5) is 0 Å². The van der Waals surface area contributed by atoms with E-state index < -0.39 is 0 Å². The molecule has 1 N–H and O–H groups in total. The minimum absolute atomic E-state index is 0.352. The first-order valence-electron chi connectivity index (χ1n) is 6.62. The molecule has 1 aromatic heterocycles. The summed E-state index contributed by atoms with van der Waals surface area (Å²) < 4.78 is 9.98. The van der Waals surface area contributed by atoms with Gasteiger partial charge in [-0.2, -0.15) is 0 Å². The van der Waals surface area contributed by atoms with Gasteiger partial charge in [-0.1, -0.05) is 19.8 Å². The largest absolute Gasteiger partial charge is 0.467 e. The average molecular weight is 251 g/mol. The molecular formula is C14H21NO3. The molecule has 1 aliphatic rings. The van der Waals surface area contributed by atoms with Crippen LogP contribution in [0.3, 0.4) is 0 Å². The Labute approximate surface area is 108 Å². The summed E-state index contributed by atoms with van der Waals surface area (Å²) in [6.07, 6.45) is 6.59. The Morgan fingerprint density at radius 3 is 3.00 bits per heavy atom. The quantitative estimate of drug-likeness (QED) is 0.757. The van der Waals surface area contributed by atoms with Crippen LogP contribution in [-0.4, -0.2) is 19.1 Å². The molecule has 0 aromatic carbocycles. The summed E-state index contributed by atoms with van der Waals surface area (Å²) >= 11 is 0. The molecule has 0 aliphatic heterocycles. The summed E-state index contributed by atoms with van der Waals surface area (Å²) in [7, 11) is 1.37. The van der Waals surface area contributed by atoms with E-state index >= 15 is 0 Å². The molecule has 1 unspecified atom stereocenters. The van der Waals surface area contributed by atoms with Gasteiger partial charge in [-0.05, 0) is 24.8 Å². The van der Waals surface area contributed by atoms with Gasteiger partial charge in [0.25, 0.3) is 0 Å². The van der Waals surface area contributed by atoms with E-state index in [0.29, 0.717) is 18.2 Å². The topological polar surface area (TPSA) is 51.5 Å². The number of methoxy groups -OCH3 is 1. The predicted molar refractivity (Wildman–Crippen MR) is 68.3 cm³/mol. The fourth-order valence-corrected chi connectivity index (χ4v) is 2.09. The lowest BCUT2D eigenvalue weighted by Crippen LogP contribution is -2.28. The Balaban J connectivity index is 1.80. The Hall–Kier alpha value is -1.29. The van der Waals surface area contributed by atoms with Crippen molar-refractivity contribution in [3.8, 4) is 0 Å². The molecule has 0 bridgehead atoms. The predicted octanol–water partition coefficient (Wildman–Crippen LogP) is 2.73. The normalized spacial score (nSPS) is 16.6. The minimum atomic E-state index is -0.352. The number of hydrogen-bond donors (Lipinski definition) is 1. The maximum Gasteiger partial charge on any atom is 0.341 e. The molecule has 0 spiro atoms. The molecule has 0 saturated heterocycles. The first-order valence-corrected chi connectivity index (χ1v) is 6.62. The summed E-state index contributed by atoms with van der Waals surface area (Å²) in [5.41, 5.74) is 0.476. The number of esters is 1. The Bertz CT molecular complexity index is 395. The number of hydrogen-bond acceptors (Lipinski definition) is 4. The molecular weight excluding hydrogens is 230 g/mol. The SMILES string of the molecule is CCC(CC1CC1)NCc1cc(C(=O)OC)co1. The van der Waals surface area contributed by atoms with Crippen molar-refractivity contribution in [2.45, 2.75) is 45.2 Å². The van der Waals surface area contributed by atoms with Crippen LogP contribution in [0, 0.1) is 5.92 Å². The number of nitrogens with one attached hydrogen (secondary N) is 1. The summed E-state index contributed by atoms with van der Waals surface area (Å²) in [6.45, 7) is 2.87. The Kier molecular flexibility index (Phi) is 4.42. The van der Waals surface area contributed by atoms with Gasteiger partial charge in [0, 0.05) is 6.04 Å². The first-order chi connectivity index (χ1) is 8.72. The zero-order valence-electron chi connectivity index (χ0n) is 11.1. The van der Waals surface area contributed by atoms with Crippen LogP contribution in [0.15, 0.2) is 16.7 Å². The van der Waals surface area contributed by atoms with E-state index in [1.54, 1.807) is 6.07 Å². The van der Waals surface area contributed by atoms with Crippen molar-refractivity contribution in [3.63, 3.8) is 0 Å². The third-order valence-corrected chi connectivity index (χ3v) is 3.45. The fourth-order valence-electron chi connectivity index (χ4n) is 2.09. The third-order valence-electron chi connectivity index (χ3n) is 3.45. The van der Waals surface area contributed by atoms with Crippen molar-refractivity contribution in [2.24, 2.45) is 5.92 Å². The van der Waals surface area contributed by atoms with E-state index in [1.807, 2.05) is 0 Å². The number of carbonyl (C=O) groups is 1. The van der Waals surface area contributed by atoms with Crippen LogP contribution < -0.4 is 5.32 Å². The van der Waals surface area contributed by atoms with Crippen molar-refractivity contribution in [3.05, 3.63) is 23.7 Å². The summed E-state index contributed by atoms with van der Waals surface area (Å²) in [5, 5.41) is 3.48. The second-order valence-corrected chi connectivity index (χ2v) is 4.96. The number of ether oxygens (including phenoxy) is 1. The van der Waals surface area contributed by atoms with Crippen LogP contribution in [0.2, 0.25) is 0 Å². The van der Waals surface area contributed by atoms with Crippen molar-refractivity contribution in [1.29, 1.82) is 0 Å². The van der Waals surface area contributed by atoms with Crippen LogP contribution >= 0.6 is 0 Å². The second kappa shape index (κ2) is 6.05. The second-order valence-electron chi connectivity index (χ2n) is 4.96. The standard InChI is InChI=1S/C14H21NO3/c1-3-12(6-10-4-5-10)15-8-13-7-11(9-18-13)14(16)17-2/h7,9-10,12,15H,3-6,8H2,1-2H3. The highest BCUT2D eigenvalue weighted by molar-refractivity contribution is 5.88. The summed E-state index contributed by atoms with van der Waals surface area (Å²) in [4.78, 5) is 11.3. The maximum atomic E-state index is 11.3. The van der Waals surface area contributed by atoms with Crippen LogP contribution in [0.5, 0.6) is 0 Å². The number of rotatable bonds is 7. The van der Waals surface area contributed by atoms with E-state index in [0.717, 1.165) is 18.1 Å². The van der Waals surface area contributed by atoms with Crippen molar-refractivity contribution >= 4 is 5.97 Å². The number of carbonyl (C=O) groups excluding carboxylic acids is 1.